The van der Waals surface area contributed by atoms with E-state index in [1.807, 2.05) is 19.0 Å². The van der Waals surface area contributed by atoms with Gasteiger partial charge in [-0.25, -0.2) is 0 Å². The van der Waals surface area contributed by atoms with Gasteiger partial charge in [-0.05, 0) is 50.6 Å². The first-order chi connectivity index (χ1) is 16.7. The van der Waals surface area contributed by atoms with Crippen LogP contribution in [0.25, 0.3) is 5.76 Å². The Balaban J connectivity index is 0.00000115. The first-order valence-corrected chi connectivity index (χ1v) is 11.3. The quantitative estimate of drug-likeness (QED) is 0.361. The van der Waals surface area contributed by atoms with Crippen molar-refractivity contribution in [2.45, 2.75) is 24.5 Å². The van der Waals surface area contributed by atoms with E-state index >= 15 is 0 Å². The summed E-state index contributed by atoms with van der Waals surface area (Å²) in [7, 11) is 10.00. The molecule has 0 aliphatic heterocycles. The van der Waals surface area contributed by atoms with Crippen molar-refractivity contribution < 1.29 is 39.5 Å². The molecular formula is C25H33N3O8. The number of amides is 1. The number of benzene rings is 1. The van der Waals surface area contributed by atoms with Gasteiger partial charge in [0.15, 0.2) is 11.4 Å². The van der Waals surface area contributed by atoms with E-state index in [9.17, 15) is 34.8 Å². The number of carbonyl (C=O) groups is 3. The van der Waals surface area contributed by atoms with Crippen LogP contribution in [0.3, 0.4) is 0 Å². The Morgan fingerprint density at radius 2 is 1.69 bits per heavy atom. The van der Waals surface area contributed by atoms with Gasteiger partial charge in [0.05, 0.1) is 11.6 Å². The molecule has 1 aromatic carbocycles. The zero-order valence-electron chi connectivity index (χ0n) is 21.2. The number of fused-ring (bicyclic) bond motifs is 3. The van der Waals surface area contributed by atoms with E-state index in [2.05, 4.69) is 4.74 Å². The van der Waals surface area contributed by atoms with E-state index < -0.39 is 58.0 Å². The zero-order valence-corrected chi connectivity index (χ0v) is 21.2. The molecule has 4 rings (SSSR count). The third-order valence-corrected chi connectivity index (χ3v) is 7.06. The third kappa shape index (κ3) is 3.83. The Morgan fingerprint density at radius 1 is 1.11 bits per heavy atom. The number of nitrogens with two attached hydrogens (primary N) is 1. The molecule has 0 saturated heterocycles. The highest BCUT2D eigenvalue weighted by atomic mass is 16.4. The average molecular weight is 504 g/mol. The van der Waals surface area contributed by atoms with Crippen molar-refractivity contribution >= 4 is 28.9 Å². The van der Waals surface area contributed by atoms with E-state index in [0.717, 1.165) is 5.69 Å². The van der Waals surface area contributed by atoms with Crippen molar-refractivity contribution in [3.63, 3.8) is 0 Å². The molecule has 0 unspecified atom stereocenters. The number of phenols is 1. The van der Waals surface area contributed by atoms with Gasteiger partial charge in [0.1, 0.15) is 22.8 Å². The molecule has 11 heteroatoms. The highest BCUT2D eigenvalue weighted by Crippen LogP contribution is 2.53. The van der Waals surface area contributed by atoms with Crippen LogP contribution in [0.2, 0.25) is 0 Å². The normalized spacial score (nSPS) is 27.2. The van der Waals surface area contributed by atoms with Gasteiger partial charge in [-0.1, -0.05) is 0 Å². The largest absolute Gasteiger partial charge is 0.508 e. The lowest BCUT2D eigenvalue weighted by atomic mass is 9.57. The van der Waals surface area contributed by atoms with Crippen molar-refractivity contribution in [2.24, 2.45) is 17.6 Å². The van der Waals surface area contributed by atoms with Crippen LogP contribution in [0.1, 0.15) is 17.5 Å². The average Bonchev–Trinajstić information content (AvgIpc) is 2.76. The summed E-state index contributed by atoms with van der Waals surface area (Å²) in [4.78, 5) is 42.0. The van der Waals surface area contributed by atoms with Crippen LogP contribution in [0.5, 0.6) is 5.75 Å². The van der Waals surface area contributed by atoms with Crippen molar-refractivity contribution in [3.8, 4) is 5.75 Å². The lowest BCUT2D eigenvalue weighted by Crippen LogP contribution is -2.65. The number of aliphatic hydroxyl groups excluding tert-OH is 2. The van der Waals surface area contributed by atoms with Crippen LogP contribution < -0.4 is 10.6 Å². The van der Waals surface area contributed by atoms with E-state index in [1.165, 1.54) is 11.0 Å². The summed E-state index contributed by atoms with van der Waals surface area (Å²) in [5.41, 5.74) is 3.15. The van der Waals surface area contributed by atoms with Gasteiger partial charge in [0.2, 0.25) is 5.78 Å². The summed E-state index contributed by atoms with van der Waals surface area (Å²) in [6.07, 6.45) is 0.324. The molecular weight excluding hydrogens is 470 g/mol. The number of ketones is 2. The maximum Gasteiger partial charge on any atom is 0.255 e. The van der Waals surface area contributed by atoms with E-state index in [-0.39, 0.29) is 29.7 Å². The van der Waals surface area contributed by atoms with E-state index in [0.29, 0.717) is 5.56 Å². The van der Waals surface area contributed by atoms with Gasteiger partial charge in [-0.2, -0.15) is 0 Å². The van der Waals surface area contributed by atoms with Gasteiger partial charge < -0.3 is 35.8 Å². The van der Waals surface area contributed by atoms with Crippen molar-refractivity contribution in [1.29, 1.82) is 0 Å². The fourth-order valence-electron chi connectivity index (χ4n) is 5.65. The number of hydrogen-bond donors (Lipinski definition) is 5. The fourth-order valence-corrected chi connectivity index (χ4v) is 5.65. The predicted octanol–water partition coefficient (Wildman–Crippen LogP) is 0.293. The Hall–Kier alpha value is -3.41. The molecule has 0 bridgehead atoms. The van der Waals surface area contributed by atoms with Crippen LogP contribution in [0.4, 0.5) is 5.69 Å². The predicted molar refractivity (Wildman–Crippen MR) is 132 cm³/mol. The molecule has 3 aliphatic rings. The highest BCUT2D eigenvalue weighted by Gasteiger charge is 2.64. The lowest BCUT2D eigenvalue weighted by Gasteiger charge is -2.50. The Labute approximate surface area is 209 Å². The number of aliphatic hydroxyl groups is 3. The molecule has 6 N–H and O–H groups in total. The first-order valence-electron chi connectivity index (χ1n) is 11.3. The number of nitrogens with zero attached hydrogens (tertiary/aromatic N) is 2. The van der Waals surface area contributed by atoms with Gasteiger partial charge in [0, 0.05) is 45.5 Å². The Morgan fingerprint density at radius 3 is 2.19 bits per heavy atom. The Bertz CT molecular complexity index is 1190. The van der Waals surface area contributed by atoms with Gasteiger partial charge in [-0.3, -0.25) is 19.3 Å². The number of aromatic hydroxyl groups is 1. The SMILES string of the molecule is CN(C)c1ccc(O)c2c1C[C@H]1C[C@H]3[C@H](N(C)C)C(=O)C(C(N)=O)=C(O)[C@@]3(O)C(=O)C1=C2O.COC. The molecule has 1 saturated carbocycles. The summed E-state index contributed by atoms with van der Waals surface area (Å²) in [6, 6.07) is 2.01. The minimum atomic E-state index is -2.63. The number of methoxy groups -OCH3 is 1. The number of hydrogen-bond acceptors (Lipinski definition) is 10. The minimum Gasteiger partial charge on any atom is -0.508 e. The number of primary amides is 1. The molecule has 0 aromatic heterocycles. The summed E-state index contributed by atoms with van der Waals surface area (Å²) in [5, 5.41) is 43.9. The maximum atomic E-state index is 13.7. The van der Waals surface area contributed by atoms with Gasteiger partial charge in [0.25, 0.3) is 5.91 Å². The molecule has 3 aliphatic carbocycles. The molecule has 0 radical (unpaired) electrons. The Kier molecular flexibility index (Phi) is 7.22. The minimum absolute atomic E-state index is 0.0638. The number of Topliss-reactive ketones (excluding diaryl/α,β-unsaturated/α-hetero) is 2. The standard InChI is InChI=1S/C23H27N3O7.C2H6O/c1-25(2)12-5-6-13(27)15-10(12)7-9-8-11-17(26(3)4)19(29)16(22(24)32)21(31)23(11,33)20(30)14(9)18(15)28;1-3-2/h5-6,9,11,17,27-28,31,33H,7-8H2,1-4H3,(H2,24,32);1-2H3/t9-,11-,17-,23-;/m0./s1. The van der Waals surface area contributed by atoms with Crippen LogP contribution in [0, 0.1) is 11.8 Å². The van der Waals surface area contributed by atoms with Gasteiger partial charge >= 0.3 is 0 Å². The number of phenolic OH excluding ortho intramolecular Hbond substituents is 1. The zero-order chi connectivity index (χ0) is 27.3. The number of anilines is 1. The van der Waals surface area contributed by atoms with Crippen LogP contribution >= 0.6 is 0 Å². The molecule has 1 aromatic rings. The smallest absolute Gasteiger partial charge is 0.255 e. The second kappa shape index (κ2) is 9.57. The van der Waals surface area contributed by atoms with Crippen LogP contribution in [-0.4, -0.2) is 96.9 Å². The van der Waals surface area contributed by atoms with E-state index in [1.54, 1.807) is 34.4 Å². The number of carbonyl (C=O) groups excluding carboxylic acids is 3. The number of ether oxygens (including phenoxy) is 1. The molecule has 36 heavy (non-hydrogen) atoms. The topological polar surface area (TPSA) is 174 Å². The van der Waals surface area contributed by atoms with Crippen molar-refractivity contribution in [3.05, 3.63) is 40.2 Å². The lowest BCUT2D eigenvalue weighted by molar-refractivity contribution is -0.153. The molecule has 196 valence electrons. The first kappa shape index (κ1) is 27.2. The maximum absolute atomic E-state index is 13.7. The molecule has 0 heterocycles. The molecule has 1 amide bonds. The second-order valence-electron chi connectivity index (χ2n) is 9.72. The number of rotatable bonds is 3. The molecule has 11 nitrogen and oxygen atoms in total. The monoisotopic (exact) mass is 503 g/mol. The van der Waals surface area contributed by atoms with Crippen LogP contribution in [0.15, 0.2) is 29.0 Å². The summed E-state index contributed by atoms with van der Waals surface area (Å²) < 4.78 is 4.25. The molecule has 0 spiro atoms. The highest BCUT2D eigenvalue weighted by molar-refractivity contribution is 6.24. The fraction of sp³-hybridized carbons (Fsp3) is 0.480. The summed E-state index contributed by atoms with van der Waals surface area (Å²) in [5.74, 6) is -6.54. The van der Waals surface area contributed by atoms with E-state index in [4.69, 9.17) is 5.73 Å². The number of likely N-dealkylation sites (N-methyl/N-ethyl adjacent to an activating group) is 1. The molecule has 4 atom stereocenters. The summed E-state index contributed by atoms with van der Waals surface area (Å²) >= 11 is 0. The van der Waals surface area contributed by atoms with Gasteiger partial charge in [-0.15, -0.1) is 0 Å². The second-order valence-corrected chi connectivity index (χ2v) is 9.72. The summed E-state index contributed by atoms with van der Waals surface area (Å²) in [6.45, 7) is 0. The van der Waals surface area contributed by atoms with Crippen molar-refractivity contribution in [1.82, 2.24) is 4.90 Å². The molecule has 1 fully saturated rings. The van der Waals surface area contributed by atoms with Crippen molar-refractivity contribution in [2.75, 3.05) is 47.3 Å². The van der Waals surface area contributed by atoms with Crippen LogP contribution in [-0.2, 0) is 25.5 Å². The third-order valence-electron chi connectivity index (χ3n) is 7.06.